The fraction of sp³-hybridized carbons (Fsp3) is 0.647. The largest absolute Gasteiger partial charge is 0.374 e. The first-order valence-corrected chi connectivity index (χ1v) is 7.79. The van der Waals surface area contributed by atoms with E-state index in [2.05, 4.69) is 42.3 Å². The van der Waals surface area contributed by atoms with Crippen LogP contribution in [0.2, 0.25) is 0 Å². The van der Waals surface area contributed by atoms with E-state index in [-0.39, 0.29) is 6.10 Å². The highest BCUT2D eigenvalue weighted by atomic mass is 16.5. The monoisotopic (exact) mass is 274 g/mol. The van der Waals surface area contributed by atoms with Crippen molar-refractivity contribution in [3.8, 4) is 0 Å². The Morgan fingerprint density at radius 3 is 2.50 bits per heavy atom. The van der Waals surface area contributed by atoms with Crippen molar-refractivity contribution in [3.63, 3.8) is 0 Å². The number of aryl methyl sites for hydroxylation is 2. The molecule has 20 heavy (non-hydrogen) atoms. The van der Waals surface area contributed by atoms with Gasteiger partial charge in [-0.3, -0.25) is 4.90 Å². The Labute approximate surface area is 122 Å². The summed E-state index contributed by atoms with van der Waals surface area (Å²) < 4.78 is 6.07. The molecule has 2 unspecified atom stereocenters. The van der Waals surface area contributed by atoms with E-state index in [1.54, 1.807) is 0 Å². The van der Waals surface area contributed by atoms with Crippen LogP contribution in [-0.2, 0) is 4.74 Å². The maximum absolute atomic E-state index is 6.07. The van der Waals surface area contributed by atoms with Crippen LogP contribution in [0.5, 0.6) is 0 Å². The van der Waals surface area contributed by atoms with Crippen molar-refractivity contribution in [2.45, 2.75) is 44.9 Å². The van der Waals surface area contributed by atoms with Crippen molar-refractivity contribution in [2.24, 2.45) is 0 Å². The van der Waals surface area contributed by atoms with Crippen LogP contribution >= 0.6 is 0 Å². The molecule has 3 nitrogen and oxygen atoms in total. The predicted octanol–water partition coefficient (Wildman–Crippen LogP) is 2.43. The molecule has 2 fully saturated rings. The molecule has 1 N–H and O–H groups in total. The van der Waals surface area contributed by atoms with E-state index >= 15 is 0 Å². The Morgan fingerprint density at radius 1 is 1.20 bits per heavy atom. The summed E-state index contributed by atoms with van der Waals surface area (Å²) in [5.74, 6) is 0. The highest BCUT2D eigenvalue weighted by Crippen LogP contribution is 2.39. The lowest BCUT2D eigenvalue weighted by atomic mass is 9.94. The smallest absolute Gasteiger partial charge is 0.0896 e. The van der Waals surface area contributed by atoms with Gasteiger partial charge in [0.2, 0.25) is 0 Å². The lowest BCUT2D eigenvalue weighted by Crippen LogP contribution is -2.49. The third-order valence-electron chi connectivity index (χ3n) is 4.40. The minimum absolute atomic E-state index is 0.260. The second kappa shape index (κ2) is 5.84. The van der Waals surface area contributed by atoms with Gasteiger partial charge in [0.15, 0.2) is 0 Å². The number of benzene rings is 1. The standard InChI is InChI=1S/C17H26N2O/c1-12-8-13(2)10-14(9-12)17-16(11-18-3)20-7-6-19(17)15-4-5-15/h8-10,15-18H,4-7,11H2,1-3H3. The van der Waals surface area contributed by atoms with E-state index in [0.29, 0.717) is 6.04 Å². The fourth-order valence-corrected chi connectivity index (χ4v) is 3.53. The second-order valence-electron chi connectivity index (χ2n) is 6.30. The SMILES string of the molecule is CNCC1OCCN(C2CC2)C1c1cc(C)cc(C)c1. The van der Waals surface area contributed by atoms with Crippen LogP contribution in [0.25, 0.3) is 0 Å². The molecule has 0 amide bonds. The molecule has 1 saturated carbocycles. The molecule has 0 bridgehead atoms. The van der Waals surface area contributed by atoms with E-state index in [1.807, 2.05) is 7.05 Å². The van der Waals surface area contributed by atoms with Crippen LogP contribution in [0, 0.1) is 13.8 Å². The number of rotatable bonds is 4. The number of hydrogen-bond acceptors (Lipinski definition) is 3. The molecule has 2 aliphatic rings. The van der Waals surface area contributed by atoms with Gasteiger partial charge in [-0.05, 0) is 39.3 Å². The molecule has 0 spiro atoms. The summed E-state index contributed by atoms with van der Waals surface area (Å²) in [6, 6.07) is 8.11. The zero-order valence-corrected chi connectivity index (χ0v) is 12.9. The average Bonchev–Trinajstić information content (AvgIpc) is 3.22. The molecular weight excluding hydrogens is 248 g/mol. The second-order valence-corrected chi connectivity index (χ2v) is 6.30. The first-order valence-electron chi connectivity index (χ1n) is 7.79. The average molecular weight is 274 g/mol. The minimum Gasteiger partial charge on any atom is -0.374 e. The summed E-state index contributed by atoms with van der Waals surface area (Å²) >= 11 is 0. The Hall–Kier alpha value is -0.900. The Balaban J connectivity index is 1.93. The van der Waals surface area contributed by atoms with Crippen molar-refractivity contribution < 1.29 is 4.74 Å². The molecule has 3 heteroatoms. The van der Waals surface area contributed by atoms with E-state index in [1.165, 1.54) is 29.5 Å². The van der Waals surface area contributed by atoms with Gasteiger partial charge >= 0.3 is 0 Å². The van der Waals surface area contributed by atoms with Gasteiger partial charge < -0.3 is 10.1 Å². The first kappa shape index (κ1) is 14.1. The minimum atomic E-state index is 0.260. The van der Waals surface area contributed by atoms with Crippen LogP contribution in [0.1, 0.15) is 35.6 Å². The van der Waals surface area contributed by atoms with Gasteiger partial charge in [-0.25, -0.2) is 0 Å². The Bertz CT molecular complexity index is 448. The summed E-state index contributed by atoms with van der Waals surface area (Å²) in [7, 11) is 2.01. The molecule has 1 aromatic carbocycles. The number of nitrogens with one attached hydrogen (secondary N) is 1. The first-order chi connectivity index (χ1) is 9.69. The van der Waals surface area contributed by atoms with E-state index in [9.17, 15) is 0 Å². The molecule has 1 saturated heterocycles. The quantitative estimate of drug-likeness (QED) is 0.912. The van der Waals surface area contributed by atoms with E-state index in [4.69, 9.17) is 4.74 Å². The number of nitrogens with zero attached hydrogens (tertiary/aromatic N) is 1. The molecule has 3 rings (SSSR count). The molecule has 110 valence electrons. The third-order valence-corrected chi connectivity index (χ3v) is 4.40. The van der Waals surface area contributed by atoms with Gasteiger partial charge in [-0.2, -0.15) is 0 Å². The van der Waals surface area contributed by atoms with Crippen LogP contribution < -0.4 is 5.32 Å². The zero-order chi connectivity index (χ0) is 14.1. The maximum atomic E-state index is 6.07. The van der Waals surface area contributed by atoms with Gasteiger partial charge in [0, 0.05) is 19.1 Å². The summed E-state index contributed by atoms with van der Waals surface area (Å²) in [6.07, 6.45) is 2.97. The number of likely N-dealkylation sites (N-methyl/N-ethyl adjacent to an activating group) is 1. The fourth-order valence-electron chi connectivity index (χ4n) is 3.53. The topological polar surface area (TPSA) is 24.5 Å². The molecule has 0 aromatic heterocycles. The van der Waals surface area contributed by atoms with Crippen molar-refractivity contribution in [3.05, 3.63) is 34.9 Å². The number of ether oxygens (including phenoxy) is 1. The molecule has 1 aromatic rings. The highest BCUT2D eigenvalue weighted by molar-refractivity contribution is 5.32. The van der Waals surface area contributed by atoms with Crippen molar-refractivity contribution >= 4 is 0 Å². The predicted molar refractivity (Wildman–Crippen MR) is 82.1 cm³/mol. The van der Waals surface area contributed by atoms with Crippen molar-refractivity contribution in [1.82, 2.24) is 10.2 Å². The zero-order valence-electron chi connectivity index (χ0n) is 12.9. The van der Waals surface area contributed by atoms with Gasteiger partial charge in [0.25, 0.3) is 0 Å². The van der Waals surface area contributed by atoms with Crippen molar-refractivity contribution in [2.75, 3.05) is 26.7 Å². The summed E-state index contributed by atoms with van der Waals surface area (Å²) in [5.41, 5.74) is 4.13. The summed E-state index contributed by atoms with van der Waals surface area (Å²) in [6.45, 7) is 7.23. The van der Waals surface area contributed by atoms with Gasteiger partial charge in [0.05, 0.1) is 18.8 Å². The van der Waals surface area contributed by atoms with Crippen LogP contribution in [0.15, 0.2) is 18.2 Å². The molecule has 1 aliphatic carbocycles. The lowest BCUT2D eigenvalue weighted by molar-refractivity contribution is -0.0740. The highest BCUT2D eigenvalue weighted by Gasteiger charge is 2.41. The van der Waals surface area contributed by atoms with Crippen LogP contribution in [-0.4, -0.2) is 43.8 Å². The summed E-state index contributed by atoms with van der Waals surface area (Å²) in [5, 5.41) is 3.29. The van der Waals surface area contributed by atoms with E-state index in [0.717, 1.165) is 25.7 Å². The Morgan fingerprint density at radius 2 is 1.90 bits per heavy atom. The van der Waals surface area contributed by atoms with Gasteiger partial charge in [-0.15, -0.1) is 0 Å². The summed E-state index contributed by atoms with van der Waals surface area (Å²) in [4.78, 5) is 2.68. The van der Waals surface area contributed by atoms with Gasteiger partial charge in [-0.1, -0.05) is 29.3 Å². The lowest BCUT2D eigenvalue weighted by Gasteiger charge is -2.42. The number of morpholine rings is 1. The Kier molecular flexibility index (Phi) is 4.11. The van der Waals surface area contributed by atoms with Crippen molar-refractivity contribution in [1.29, 1.82) is 0 Å². The molecular formula is C17H26N2O. The van der Waals surface area contributed by atoms with E-state index < -0.39 is 0 Å². The molecule has 2 atom stereocenters. The third kappa shape index (κ3) is 2.90. The molecule has 0 radical (unpaired) electrons. The van der Waals surface area contributed by atoms with Crippen LogP contribution in [0.3, 0.4) is 0 Å². The normalized spacial score (nSPS) is 27.8. The molecule has 1 aliphatic heterocycles. The van der Waals surface area contributed by atoms with Gasteiger partial charge in [0.1, 0.15) is 0 Å². The molecule has 1 heterocycles. The maximum Gasteiger partial charge on any atom is 0.0896 e. The number of hydrogen-bond donors (Lipinski definition) is 1. The van der Waals surface area contributed by atoms with Crippen LogP contribution in [0.4, 0.5) is 0 Å².